The zero-order valence-corrected chi connectivity index (χ0v) is 23.0. The second-order valence-corrected chi connectivity index (χ2v) is 8.66. The highest BCUT2D eigenvalue weighted by atomic mass is 16.7. The number of esters is 2. The lowest BCUT2D eigenvalue weighted by Gasteiger charge is -2.17. The maximum absolute atomic E-state index is 13.0. The molecule has 2 aromatic carbocycles. The molecule has 2 amide bonds. The summed E-state index contributed by atoms with van der Waals surface area (Å²) in [6.45, 7) is 7.72. The number of carbonyl (C=O) groups excluding carboxylic acids is 5. The molecule has 12 heteroatoms. The van der Waals surface area contributed by atoms with Crippen LogP contribution >= 0.6 is 0 Å². The zero-order valence-electron chi connectivity index (χ0n) is 23.0. The Bertz CT molecular complexity index is 1210. The van der Waals surface area contributed by atoms with Gasteiger partial charge in [0.05, 0.1) is 24.3 Å². The Hall–Kier alpha value is -4.74. The standard InChI is InChI=1S/C28H33N3O9/c1-6-37-23(32)16-38-22-14-12-20(13-15-22)24(33)18(4)29-26(34)25(30-21-10-8-7-9-11-21)31-28(36)40-19(5)39-27(35)17(2)3/h7-15,17-19H,6,16H2,1-5H3,(H,29,34)(H,30,31,36). The van der Waals surface area contributed by atoms with Gasteiger partial charge in [-0.2, -0.15) is 0 Å². The van der Waals surface area contributed by atoms with E-state index in [-0.39, 0.29) is 18.8 Å². The Labute approximate surface area is 232 Å². The summed E-state index contributed by atoms with van der Waals surface area (Å²) in [5.74, 6) is -2.89. The lowest BCUT2D eigenvalue weighted by molar-refractivity contribution is -0.168. The summed E-state index contributed by atoms with van der Waals surface area (Å²) in [6, 6.07) is 13.3. The summed E-state index contributed by atoms with van der Waals surface area (Å²) in [6.07, 6.45) is -2.31. The molecular formula is C28H33N3O9. The normalized spacial score (nSPS) is 12.5. The number of benzene rings is 2. The molecule has 0 fully saturated rings. The highest BCUT2D eigenvalue weighted by Gasteiger charge is 2.24. The van der Waals surface area contributed by atoms with Gasteiger partial charge in [-0.25, -0.2) is 14.6 Å². The van der Waals surface area contributed by atoms with Crippen molar-refractivity contribution in [3.63, 3.8) is 0 Å². The Balaban J connectivity index is 2.08. The van der Waals surface area contributed by atoms with Crippen molar-refractivity contribution in [1.29, 1.82) is 0 Å². The molecule has 0 radical (unpaired) electrons. The van der Waals surface area contributed by atoms with Crippen molar-refractivity contribution in [1.82, 2.24) is 10.6 Å². The first-order valence-electron chi connectivity index (χ1n) is 12.6. The van der Waals surface area contributed by atoms with E-state index in [1.54, 1.807) is 51.1 Å². The van der Waals surface area contributed by atoms with Crippen LogP contribution in [0.25, 0.3) is 0 Å². The number of amides is 2. The van der Waals surface area contributed by atoms with Crippen LogP contribution in [0.2, 0.25) is 0 Å². The Morgan fingerprint density at radius 2 is 1.52 bits per heavy atom. The van der Waals surface area contributed by atoms with Crippen LogP contribution in [0, 0.1) is 5.92 Å². The number of para-hydroxylation sites is 1. The third-order valence-corrected chi connectivity index (χ3v) is 5.00. The molecule has 0 aliphatic heterocycles. The SMILES string of the molecule is CCOC(=O)COc1ccc(C(=O)C(C)NC(=O)/C(=N\c2ccccc2)NC(=O)OC(C)OC(=O)C(C)C)cc1. The molecule has 0 aliphatic rings. The second kappa shape index (κ2) is 15.6. The van der Waals surface area contributed by atoms with Crippen molar-refractivity contribution < 1.29 is 42.9 Å². The molecule has 0 heterocycles. The molecule has 2 rings (SSSR count). The van der Waals surface area contributed by atoms with Gasteiger partial charge in [0.15, 0.2) is 12.4 Å². The Kier molecular flexibility index (Phi) is 12.3. The molecule has 40 heavy (non-hydrogen) atoms. The van der Waals surface area contributed by atoms with E-state index in [9.17, 15) is 24.0 Å². The van der Waals surface area contributed by atoms with E-state index in [2.05, 4.69) is 15.6 Å². The van der Waals surface area contributed by atoms with Gasteiger partial charge in [-0.05, 0) is 50.2 Å². The van der Waals surface area contributed by atoms with Crippen molar-refractivity contribution in [3.05, 3.63) is 60.2 Å². The second-order valence-electron chi connectivity index (χ2n) is 8.66. The number of ketones is 1. The van der Waals surface area contributed by atoms with Crippen LogP contribution in [0.15, 0.2) is 59.6 Å². The number of hydrogen-bond acceptors (Lipinski definition) is 10. The summed E-state index contributed by atoms with van der Waals surface area (Å²) in [7, 11) is 0. The molecule has 2 unspecified atom stereocenters. The Morgan fingerprint density at radius 3 is 2.12 bits per heavy atom. The monoisotopic (exact) mass is 555 g/mol. The number of hydrogen-bond donors (Lipinski definition) is 2. The van der Waals surface area contributed by atoms with Crippen LogP contribution in [0.1, 0.15) is 45.0 Å². The summed E-state index contributed by atoms with van der Waals surface area (Å²) in [4.78, 5) is 65.7. The minimum atomic E-state index is -1.22. The largest absolute Gasteiger partial charge is 0.482 e. The van der Waals surface area contributed by atoms with Gasteiger partial charge in [0.1, 0.15) is 5.75 Å². The minimum absolute atomic E-state index is 0.237. The van der Waals surface area contributed by atoms with Crippen LogP contribution < -0.4 is 15.4 Å². The fourth-order valence-electron chi connectivity index (χ4n) is 3.01. The average Bonchev–Trinajstić information content (AvgIpc) is 2.91. The van der Waals surface area contributed by atoms with Crippen LogP contribution in [-0.4, -0.2) is 61.1 Å². The third-order valence-electron chi connectivity index (χ3n) is 5.00. The highest BCUT2D eigenvalue weighted by Crippen LogP contribution is 2.14. The molecule has 214 valence electrons. The number of carbonyl (C=O) groups is 5. The number of rotatable bonds is 11. The topological polar surface area (TPSA) is 159 Å². The molecular weight excluding hydrogens is 522 g/mol. The van der Waals surface area contributed by atoms with E-state index in [4.69, 9.17) is 18.9 Å². The van der Waals surface area contributed by atoms with Crippen molar-refractivity contribution >= 4 is 41.2 Å². The first-order chi connectivity index (χ1) is 19.0. The number of nitrogens with zero attached hydrogens (tertiary/aromatic N) is 1. The van der Waals surface area contributed by atoms with E-state index >= 15 is 0 Å². The molecule has 0 bridgehead atoms. The third kappa shape index (κ3) is 10.6. The maximum Gasteiger partial charge on any atom is 0.416 e. The van der Waals surface area contributed by atoms with Gasteiger partial charge >= 0.3 is 18.0 Å². The molecule has 0 aromatic heterocycles. The number of amidine groups is 1. The molecule has 0 spiro atoms. The maximum atomic E-state index is 13.0. The summed E-state index contributed by atoms with van der Waals surface area (Å²) in [5.41, 5.74) is 0.621. The van der Waals surface area contributed by atoms with Crippen LogP contribution in [0.3, 0.4) is 0 Å². The van der Waals surface area contributed by atoms with Gasteiger partial charge in [-0.15, -0.1) is 0 Å². The molecule has 12 nitrogen and oxygen atoms in total. The number of ether oxygens (including phenoxy) is 4. The predicted octanol–water partition coefficient (Wildman–Crippen LogP) is 3.32. The van der Waals surface area contributed by atoms with E-state index in [1.165, 1.54) is 38.1 Å². The highest BCUT2D eigenvalue weighted by molar-refractivity contribution is 6.41. The van der Waals surface area contributed by atoms with Gasteiger partial charge in [0.25, 0.3) is 5.91 Å². The van der Waals surface area contributed by atoms with E-state index in [1.807, 2.05) is 0 Å². The van der Waals surface area contributed by atoms with Crippen LogP contribution in [-0.2, 0) is 28.6 Å². The number of Topliss-reactive ketones (excluding diaryl/α,β-unsaturated/α-hetero) is 1. The van der Waals surface area contributed by atoms with Gasteiger partial charge < -0.3 is 24.3 Å². The molecule has 0 saturated carbocycles. The fourth-order valence-corrected chi connectivity index (χ4v) is 3.01. The molecule has 2 aromatic rings. The van der Waals surface area contributed by atoms with Gasteiger partial charge in [-0.3, -0.25) is 19.7 Å². The first kappa shape index (κ1) is 31.5. The Morgan fingerprint density at radius 1 is 0.875 bits per heavy atom. The van der Waals surface area contributed by atoms with Crippen molar-refractivity contribution in [2.45, 2.75) is 47.0 Å². The van der Waals surface area contributed by atoms with Crippen molar-refractivity contribution in [3.8, 4) is 5.75 Å². The molecule has 0 aliphatic carbocycles. The van der Waals surface area contributed by atoms with Gasteiger partial charge in [0, 0.05) is 12.5 Å². The number of aliphatic imine (C=N–C) groups is 1. The van der Waals surface area contributed by atoms with Crippen LogP contribution in [0.4, 0.5) is 10.5 Å². The fraction of sp³-hybridized carbons (Fsp3) is 0.357. The lowest BCUT2D eigenvalue weighted by Crippen LogP contribution is -2.48. The summed E-state index contributed by atoms with van der Waals surface area (Å²) >= 11 is 0. The van der Waals surface area contributed by atoms with Crippen molar-refractivity contribution in [2.24, 2.45) is 10.9 Å². The predicted molar refractivity (Wildman–Crippen MR) is 144 cm³/mol. The van der Waals surface area contributed by atoms with Crippen molar-refractivity contribution in [2.75, 3.05) is 13.2 Å². The number of nitrogens with one attached hydrogen (secondary N) is 2. The van der Waals surface area contributed by atoms with E-state index in [0.29, 0.717) is 11.4 Å². The quantitative estimate of drug-likeness (QED) is 0.139. The van der Waals surface area contributed by atoms with Crippen LogP contribution in [0.5, 0.6) is 5.75 Å². The smallest absolute Gasteiger partial charge is 0.416 e. The summed E-state index contributed by atoms with van der Waals surface area (Å²) in [5, 5.41) is 4.75. The van der Waals surface area contributed by atoms with E-state index < -0.39 is 53.8 Å². The first-order valence-corrected chi connectivity index (χ1v) is 12.6. The molecule has 2 N–H and O–H groups in total. The van der Waals surface area contributed by atoms with Gasteiger partial charge in [0.2, 0.25) is 12.1 Å². The molecule has 0 saturated heterocycles. The van der Waals surface area contributed by atoms with E-state index in [0.717, 1.165) is 0 Å². The average molecular weight is 556 g/mol. The van der Waals surface area contributed by atoms with Gasteiger partial charge in [-0.1, -0.05) is 32.0 Å². The zero-order chi connectivity index (χ0) is 29.7. The lowest BCUT2D eigenvalue weighted by atomic mass is 10.1. The number of alkyl carbamates (subject to hydrolysis) is 1. The molecule has 2 atom stereocenters. The minimum Gasteiger partial charge on any atom is -0.482 e. The summed E-state index contributed by atoms with van der Waals surface area (Å²) < 4.78 is 20.1.